The summed E-state index contributed by atoms with van der Waals surface area (Å²) in [5.41, 5.74) is 0.799. The van der Waals surface area contributed by atoms with Gasteiger partial charge in [-0.2, -0.15) is 0 Å². The van der Waals surface area contributed by atoms with Crippen molar-refractivity contribution in [3.05, 3.63) is 69.9 Å². The Morgan fingerprint density at radius 1 is 1.31 bits per heavy atom. The number of benzene rings is 1. The monoisotopic (exact) mass is 419 g/mol. The van der Waals surface area contributed by atoms with Gasteiger partial charge in [-0.3, -0.25) is 4.79 Å². The molecule has 0 fully saturated rings. The third kappa shape index (κ3) is 5.65. The molecule has 0 radical (unpaired) electrons. The van der Waals surface area contributed by atoms with Crippen molar-refractivity contribution in [1.29, 1.82) is 0 Å². The number of halogens is 1. The van der Waals surface area contributed by atoms with Crippen LogP contribution in [0.1, 0.15) is 36.1 Å². The van der Waals surface area contributed by atoms with E-state index in [0.717, 1.165) is 16.9 Å². The van der Waals surface area contributed by atoms with E-state index in [2.05, 4.69) is 5.32 Å². The number of ether oxygens (including phenoxy) is 2. The molecule has 0 aliphatic carbocycles. The fourth-order valence-electron chi connectivity index (χ4n) is 3.45. The van der Waals surface area contributed by atoms with Crippen molar-refractivity contribution in [3.63, 3.8) is 0 Å². The lowest BCUT2D eigenvalue weighted by atomic mass is 9.84. The van der Waals surface area contributed by atoms with Gasteiger partial charge in [0.25, 0.3) is 5.91 Å². The minimum Gasteiger partial charge on any atom is -0.459 e. The van der Waals surface area contributed by atoms with Gasteiger partial charge in [0, 0.05) is 36.5 Å². The quantitative estimate of drug-likeness (QED) is 0.646. The molecule has 1 amide bonds. The highest BCUT2D eigenvalue weighted by molar-refractivity contribution is 7.10. The predicted molar refractivity (Wildman–Crippen MR) is 110 cm³/mol. The van der Waals surface area contributed by atoms with Crippen LogP contribution in [0.4, 0.5) is 4.39 Å². The molecule has 2 N–H and O–H groups in total. The number of amides is 1. The molecular weight excluding hydrogens is 393 g/mol. The van der Waals surface area contributed by atoms with Gasteiger partial charge in [0.05, 0.1) is 0 Å². The number of carbonyl (C=O) groups excluding carboxylic acids is 1. The van der Waals surface area contributed by atoms with Gasteiger partial charge in [0.1, 0.15) is 5.82 Å². The molecule has 0 saturated heterocycles. The lowest BCUT2D eigenvalue weighted by molar-refractivity contribution is -0.166. The molecule has 0 saturated carbocycles. The van der Waals surface area contributed by atoms with Crippen LogP contribution in [-0.4, -0.2) is 30.5 Å². The minimum absolute atomic E-state index is 0.00870. The van der Waals surface area contributed by atoms with Crippen LogP contribution in [-0.2, 0) is 20.8 Å². The third-order valence-corrected chi connectivity index (χ3v) is 5.85. The van der Waals surface area contributed by atoms with Crippen LogP contribution in [0.3, 0.4) is 0 Å². The summed E-state index contributed by atoms with van der Waals surface area (Å²) in [5, 5.41) is 14.1. The van der Waals surface area contributed by atoms with E-state index in [0.29, 0.717) is 13.0 Å². The smallest absolute Gasteiger partial charge is 0.286 e. The van der Waals surface area contributed by atoms with Crippen molar-refractivity contribution in [1.82, 2.24) is 5.32 Å². The van der Waals surface area contributed by atoms with E-state index in [9.17, 15) is 14.3 Å². The summed E-state index contributed by atoms with van der Waals surface area (Å²) in [6.07, 6.45) is 2.66. The van der Waals surface area contributed by atoms with E-state index in [-0.39, 0.29) is 42.5 Å². The molecular formula is C22H26FNO4S. The van der Waals surface area contributed by atoms with Gasteiger partial charge in [0.15, 0.2) is 5.76 Å². The normalized spacial score (nSPS) is 21.3. The predicted octanol–water partition coefficient (Wildman–Crippen LogP) is 3.95. The van der Waals surface area contributed by atoms with Crippen LogP contribution in [0.2, 0.25) is 0 Å². The maximum Gasteiger partial charge on any atom is 0.286 e. The SMILES string of the molecule is CCO[C@@H]1OC(C(=O)NCc2ccc(F)cc2)=C[C@H](c2cccs2)[C@H]1CCCO. The molecule has 3 atom stereocenters. The minimum atomic E-state index is -0.560. The molecule has 1 aromatic heterocycles. The second-order valence-corrected chi connectivity index (χ2v) is 7.83. The summed E-state index contributed by atoms with van der Waals surface area (Å²) < 4.78 is 24.8. The molecule has 1 aliphatic heterocycles. The van der Waals surface area contributed by atoms with Crippen molar-refractivity contribution < 1.29 is 23.8 Å². The van der Waals surface area contributed by atoms with E-state index < -0.39 is 6.29 Å². The summed E-state index contributed by atoms with van der Waals surface area (Å²) in [6.45, 7) is 2.72. The van der Waals surface area contributed by atoms with Gasteiger partial charge >= 0.3 is 0 Å². The molecule has 7 heteroatoms. The van der Waals surface area contributed by atoms with Gasteiger partial charge in [-0.05, 0) is 55.0 Å². The molecule has 29 heavy (non-hydrogen) atoms. The Labute approximate surface area is 174 Å². The fraction of sp³-hybridized carbons (Fsp3) is 0.409. The first kappa shape index (κ1) is 21.5. The Hall–Kier alpha value is -2.22. The molecule has 1 aromatic carbocycles. The number of hydrogen-bond acceptors (Lipinski definition) is 5. The highest BCUT2D eigenvalue weighted by atomic mass is 32.1. The van der Waals surface area contributed by atoms with Crippen molar-refractivity contribution in [2.75, 3.05) is 13.2 Å². The molecule has 2 aromatic rings. The molecule has 3 rings (SSSR count). The van der Waals surface area contributed by atoms with Crippen molar-refractivity contribution in [3.8, 4) is 0 Å². The summed E-state index contributed by atoms with van der Waals surface area (Å²) in [4.78, 5) is 13.9. The molecule has 1 aliphatic rings. The molecule has 5 nitrogen and oxygen atoms in total. The highest BCUT2D eigenvalue weighted by Gasteiger charge is 2.38. The van der Waals surface area contributed by atoms with Crippen LogP contribution >= 0.6 is 11.3 Å². The van der Waals surface area contributed by atoms with E-state index in [1.165, 1.54) is 12.1 Å². The van der Waals surface area contributed by atoms with Gasteiger partial charge in [-0.25, -0.2) is 4.39 Å². The summed E-state index contributed by atoms with van der Waals surface area (Å²) >= 11 is 1.63. The zero-order valence-corrected chi connectivity index (χ0v) is 17.2. The molecule has 0 unspecified atom stereocenters. The number of allylic oxidation sites excluding steroid dienone is 1. The molecule has 0 bridgehead atoms. The number of thiophene rings is 1. The van der Waals surface area contributed by atoms with E-state index >= 15 is 0 Å². The topological polar surface area (TPSA) is 67.8 Å². The van der Waals surface area contributed by atoms with Crippen LogP contribution in [0, 0.1) is 11.7 Å². The Morgan fingerprint density at radius 3 is 2.76 bits per heavy atom. The molecule has 0 spiro atoms. The van der Waals surface area contributed by atoms with Gasteiger partial charge in [-0.1, -0.05) is 18.2 Å². The number of hydrogen-bond donors (Lipinski definition) is 2. The van der Waals surface area contributed by atoms with E-state index in [1.807, 2.05) is 30.5 Å². The average Bonchev–Trinajstić information content (AvgIpc) is 3.26. The maximum absolute atomic E-state index is 13.0. The van der Waals surface area contributed by atoms with Crippen molar-refractivity contribution >= 4 is 17.2 Å². The first-order valence-electron chi connectivity index (χ1n) is 9.79. The number of rotatable bonds is 9. The van der Waals surface area contributed by atoms with Gasteiger partial charge < -0.3 is 19.9 Å². The number of carbonyl (C=O) groups is 1. The van der Waals surface area contributed by atoms with Gasteiger partial charge in [-0.15, -0.1) is 11.3 Å². The second-order valence-electron chi connectivity index (χ2n) is 6.85. The van der Waals surface area contributed by atoms with Crippen LogP contribution in [0.5, 0.6) is 0 Å². The highest BCUT2D eigenvalue weighted by Crippen LogP contribution is 2.40. The lowest BCUT2D eigenvalue weighted by Gasteiger charge is -2.36. The van der Waals surface area contributed by atoms with Crippen molar-refractivity contribution in [2.24, 2.45) is 5.92 Å². The standard InChI is InChI=1S/C22H26FNO4S/c1-2-27-22-17(5-3-11-25)18(20-6-4-12-29-20)13-19(28-22)21(26)24-14-15-7-9-16(23)10-8-15/h4,6-10,12-13,17-18,22,25H,2-3,5,11,14H2,1H3,(H,24,26)/t17-,18+,22-/m1/s1. The number of aliphatic hydroxyl groups excluding tert-OH is 1. The van der Waals surface area contributed by atoms with E-state index in [4.69, 9.17) is 9.47 Å². The third-order valence-electron chi connectivity index (χ3n) is 4.87. The second kappa shape index (κ2) is 10.5. The summed E-state index contributed by atoms with van der Waals surface area (Å²) in [6, 6.07) is 10.0. The van der Waals surface area contributed by atoms with E-state index in [1.54, 1.807) is 23.5 Å². The lowest BCUT2D eigenvalue weighted by Crippen LogP contribution is -2.38. The Kier molecular flexibility index (Phi) is 7.80. The van der Waals surface area contributed by atoms with Crippen LogP contribution < -0.4 is 5.32 Å². The van der Waals surface area contributed by atoms with Crippen LogP contribution in [0.25, 0.3) is 0 Å². The maximum atomic E-state index is 13.0. The zero-order valence-electron chi connectivity index (χ0n) is 16.3. The fourth-order valence-corrected chi connectivity index (χ4v) is 4.32. The molecule has 2 heterocycles. The van der Waals surface area contributed by atoms with Crippen LogP contribution in [0.15, 0.2) is 53.6 Å². The Morgan fingerprint density at radius 2 is 2.10 bits per heavy atom. The summed E-state index contributed by atoms with van der Waals surface area (Å²) in [5.74, 6) is -0.441. The zero-order chi connectivity index (χ0) is 20.6. The van der Waals surface area contributed by atoms with Gasteiger partial charge in [0.2, 0.25) is 6.29 Å². The first-order chi connectivity index (χ1) is 14.1. The molecule has 156 valence electrons. The van der Waals surface area contributed by atoms with Crippen molar-refractivity contribution in [2.45, 2.75) is 38.5 Å². The Balaban J connectivity index is 1.78. The number of aliphatic hydroxyl groups is 1. The largest absolute Gasteiger partial charge is 0.459 e. The Bertz CT molecular complexity index is 807. The summed E-state index contributed by atoms with van der Waals surface area (Å²) in [7, 11) is 0. The average molecular weight is 420 g/mol. The number of nitrogens with one attached hydrogen (secondary N) is 1. The first-order valence-corrected chi connectivity index (χ1v) is 10.7.